The van der Waals surface area contributed by atoms with Gasteiger partial charge in [-0.3, -0.25) is 0 Å². The first-order valence-electron chi connectivity index (χ1n) is 6.17. The van der Waals surface area contributed by atoms with Crippen LogP contribution in [0.1, 0.15) is 37.5 Å². The second-order valence-electron chi connectivity index (χ2n) is 5.45. The highest BCUT2D eigenvalue weighted by atomic mass is 16.5. The summed E-state index contributed by atoms with van der Waals surface area (Å²) in [6.45, 7) is 12.8. The van der Waals surface area contributed by atoms with Crippen LogP contribution in [0.2, 0.25) is 0 Å². The van der Waals surface area contributed by atoms with Crippen LogP contribution in [0.15, 0.2) is 12.1 Å². The average molecular weight is 235 g/mol. The first-order valence-corrected chi connectivity index (χ1v) is 6.17. The van der Waals surface area contributed by atoms with E-state index in [0.717, 1.165) is 0 Å². The van der Waals surface area contributed by atoms with E-state index in [4.69, 9.17) is 4.74 Å². The molecule has 0 spiro atoms. The van der Waals surface area contributed by atoms with Crippen LogP contribution in [-0.2, 0) is 4.74 Å². The molecule has 0 aliphatic carbocycles. The number of benzene rings is 1. The van der Waals surface area contributed by atoms with E-state index in [2.05, 4.69) is 59.0 Å². The van der Waals surface area contributed by atoms with Crippen LogP contribution in [0.5, 0.6) is 0 Å². The summed E-state index contributed by atoms with van der Waals surface area (Å²) in [5, 5.41) is 3.57. The fourth-order valence-corrected chi connectivity index (χ4v) is 1.97. The highest BCUT2D eigenvalue weighted by Gasteiger charge is 2.25. The van der Waals surface area contributed by atoms with E-state index in [-0.39, 0.29) is 11.6 Å². The zero-order valence-corrected chi connectivity index (χ0v) is 12.1. The maximum atomic E-state index is 5.51. The number of hydrogen-bond donors (Lipinski definition) is 1. The Kier molecular flexibility index (Phi) is 4.21. The zero-order chi connectivity index (χ0) is 13.2. The Bertz CT molecular complexity index is 373. The molecule has 1 unspecified atom stereocenters. The van der Waals surface area contributed by atoms with Crippen molar-refractivity contribution in [2.75, 3.05) is 12.4 Å². The molecule has 2 heteroatoms. The van der Waals surface area contributed by atoms with Gasteiger partial charge in [-0.1, -0.05) is 17.7 Å². The molecule has 1 aromatic rings. The minimum Gasteiger partial charge on any atom is -0.379 e. The maximum absolute atomic E-state index is 5.51. The van der Waals surface area contributed by atoms with Crippen molar-refractivity contribution in [3.8, 4) is 0 Å². The molecular formula is C15H25NO. The lowest BCUT2D eigenvalue weighted by Gasteiger charge is -2.32. The Morgan fingerprint density at radius 2 is 1.59 bits per heavy atom. The molecule has 0 radical (unpaired) electrons. The Morgan fingerprint density at radius 3 is 2.00 bits per heavy atom. The van der Waals surface area contributed by atoms with Gasteiger partial charge < -0.3 is 10.1 Å². The summed E-state index contributed by atoms with van der Waals surface area (Å²) in [6, 6.07) is 4.68. The van der Waals surface area contributed by atoms with Gasteiger partial charge >= 0.3 is 0 Å². The molecule has 0 bridgehead atoms. The Hall–Kier alpha value is -1.02. The Morgan fingerprint density at radius 1 is 1.12 bits per heavy atom. The molecule has 0 fully saturated rings. The van der Waals surface area contributed by atoms with Gasteiger partial charge in [-0.2, -0.15) is 0 Å². The third kappa shape index (κ3) is 3.22. The molecule has 0 aliphatic heterocycles. The monoisotopic (exact) mass is 235 g/mol. The van der Waals surface area contributed by atoms with Gasteiger partial charge in [0, 0.05) is 12.8 Å². The molecule has 0 heterocycles. The van der Waals surface area contributed by atoms with Gasteiger partial charge in [0.2, 0.25) is 0 Å². The van der Waals surface area contributed by atoms with Crippen LogP contribution in [0.25, 0.3) is 0 Å². The number of ether oxygens (including phenoxy) is 1. The van der Waals surface area contributed by atoms with Gasteiger partial charge in [0.15, 0.2) is 0 Å². The molecule has 17 heavy (non-hydrogen) atoms. The third-order valence-corrected chi connectivity index (χ3v) is 3.61. The molecule has 0 amide bonds. The van der Waals surface area contributed by atoms with Crippen molar-refractivity contribution in [2.24, 2.45) is 0 Å². The van der Waals surface area contributed by atoms with E-state index in [1.54, 1.807) is 7.11 Å². The van der Waals surface area contributed by atoms with Gasteiger partial charge in [0.1, 0.15) is 0 Å². The van der Waals surface area contributed by atoms with Crippen molar-refractivity contribution in [2.45, 2.75) is 53.2 Å². The zero-order valence-electron chi connectivity index (χ0n) is 12.1. The fourth-order valence-electron chi connectivity index (χ4n) is 1.97. The summed E-state index contributed by atoms with van der Waals surface area (Å²) < 4.78 is 5.51. The van der Waals surface area contributed by atoms with E-state index >= 15 is 0 Å². The van der Waals surface area contributed by atoms with Crippen molar-refractivity contribution in [3.05, 3.63) is 28.8 Å². The highest BCUT2D eigenvalue weighted by molar-refractivity contribution is 5.58. The molecule has 1 atom stereocenters. The van der Waals surface area contributed by atoms with E-state index in [1.807, 2.05) is 0 Å². The number of nitrogens with one attached hydrogen (secondary N) is 1. The normalized spacial score (nSPS) is 13.6. The lowest BCUT2D eigenvalue weighted by molar-refractivity contribution is 0.0107. The Labute approximate surface area is 105 Å². The van der Waals surface area contributed by atoms with Crippen molar-refractivity contribution < 1.29 is 4.74 Å². The number of rotatable bonds is 4. The van der Waals surface area contributed by atoms with Gasteiger partial charge in [-0.05, 0) is 52.7 Å². The molecule has 0 aliphatic rings. The molecular weight excluding hydrogens is 210 g/mol. The molecule has 2 nitrogen and oxygen atoms in total. The fraction of sp³-hybridized carbons (Fsp3) is 0.600. The third-order valence-electron chi connectivity index (χ3n) is 3.61. The average Bonchev–Trinajstić information content (AvgIpc) is 2.22. The van der Waals surface area contributed by atoms with Crippen LogP contribution in [-0.4, -0.2) is 18.8 Å². The summed E-state index contributed by atoms with van der Waals surface area (Å²) in [4.78, 5) is 0. The van der Waals surface area contributed by atoms with Crippen LogP contribution in [0, 0.1) is 20.8 Å². The topological polar surface area (TPSA) is 21.3 Å². The summed E-state index contributed by atoms with van der Waals surface area (Å²) in [6.07, 6.45) is 0. The summed E-state index contributed by atoms with van der Waals surface area (Å²) >= 11 is 0. The lowest BCUT2D eigenvalue weighted by atomic mass is 9.98. The summed E-state index contributed by atoms with van der Waals surface area (Å²) in [5.74, 6) is 0. The van der Waals surface area contributed by atoms with Crippen molar-refractivity contribution >= 4 is 5.69 Å². The van der Waals surface area contributed by atoms with Gasteiger partial charge in [-0.25, -0.2) is 0 Å². The molecule has 0 saturated heterocycles. The quantitative estimate of drug-likeness (QED) is 0.856. The van der Waals surface area contributed by atoms with Crippen LogP contribution in [0.3, 0.4) is 0 Å². The van der Waals surface area contributed by atoms with Gasteiger partial charge in [0.25, 0.3) is 0 Å². The molecule has 96 valence electrons. The first kappa shape index (κ1) is 14.0. The predicted octanol–water partition coefficient (Wildman–Crippen LogP) is 3.84. The smallest absolute Gasteiger partial charge is 0.0820 e. The molecule has 1 rings (SSSR count). The van der Waals surface area contributed by atoms with Gasteiger partial charge in [-0.15, -0.1) is 0 Å². The SMILES string of the molecule is COC(C)(C)C(C)Nc1c(C)cc(C)cc1C. The Balaban J connectivity index is 2.96. The van der Waals surface area contributed by atoms with E-state index in [0.29, 0.717) is 0 Å². The minimum atomic E-state index is -0.177. The molecule has 0 saturated carbocycles. The van der Waals surface area contributed by atoms with Crippen molar-refractivity contribution in [1.29, 1.82) is 0 Å². The maximum Gasteiger partial charge on any atom is 0.0820 e. The standard InChI is InChI=1S/C15H25NO/c1-10-8-11(2)14(12(3)9-10)16-13(4)15(5,6)17-7/h8-9,13,16H,1-7H3. The molecule has 0 aromatic heterocycles. The number of aryl methyl sites for hydroxylation is 3. The first-order chi connectivity index (χ1) is 7.77. The number of anilines is 1. The van der Waals surface area contributed by atoms with Crippen LogP contribution in [0.4, 0.5) is 5.69 Å². The molecule has 1 N–H and O–H groups in total. The van der Waals surface area contributed by atoms with E-state index in [1.165, 1.54) is 22.4 Å². The highest BCUT2D eigenvalue weighted by Crippen LogP contribution is 2.25. The largest absolute Gasteiger partial charge is 0.379 e. The molecule has 1 aromatic carbocycles. The van der Waals surface area contributed by atoms with E-state index < -0.39 is 0 Å². The van der Waals surface area contributed by atoms with Crippen LogP contribution < -0.4 is 5.32 Å². The van der Waals surface area contributed by atoms with Gasteiger partial charge in [0.05, 0.1) is 11.6 Å². The summed E-state index contributed by atoms with van der Waals surface area (Å²) in [5.41, 5.74) is 4.95. The second kappa shape index (κ2) is 5.09. The van der Waals surface area contributed by atoms with Crippen LogP contribution >= 0.6 is 0 Å². The summed E-state index contributed by atoms with van der Waals surface area (Å²) in [7, 11) is 1.76. The number of hydrogen-bond acceptors (Lipinski definition) is 2. The van der Waals surface area contributed by atoms with Crippen molar-refractivity contribution in [3.63, 3.8) is 0 Å². The predicted molar refractivity (Wildman–Crippen MR) is 74.8 cm³/mol. The minimum absolute atomic E-state index is 0.177. The van der Waals surface area contributed by atoms with E-state index in [9.17, 15) is 0 Å². The van der Waals surface area contributed by atoms with Crippen molar-refractivity contribution in [1.82, 2.24) is 0 Å². The lowest BCUT2D eigenvalue weighted by Crippen LogP contribution is -2.41. The number of methoxy groups -OCH3 is 1. The second-order valence-corrected chi connectivity index (χ2v) is 5.45.